The van der Waals surface area contributed by atoms with Crippen molar-refractivity contribution in [2.45, 2.75) is 33.2 Å². The number of carbonyl (C=O) groups is 2. The van der Waals surface area contributed by atoms with Gasteiger partial charge in [0.1, 0.15) is 0 Å². The van der Waals surface area contributed by atoms with Crippen LogP contribution >= 0.6 is 0 Å². The summed E-state index contributed by atoms with van der Waals surface area (Å²) >= 11 is 0. The van der Waals surface area contributed by atoms with Crippen molar-refractivity contribution in [2.24, 2.45) is 7.05 Å². The van der Waals surface area contributed by atoms with Crippen LogP contribution in [0.4, 0.5) is 0 Å². The summed E-state index contributed by atoms with van der Waals surface area (Å²) in [6, 6.07) is 1.81. The Labute approximate surface area is 146 Å². The van der Waals surface area contributed by atoms with E-state index in [1.165, 1.54) is 0 Å². The van der Waals surface area contributed by atoms with Gasteiger partial charge in [-0.15, -0.1) is 5.10 Å². The number of nitrogens with zero attached hydrogens (tertiary/aromatic N) is 7. The molecule has 9 nitrogen and oxygen atoms in total. The Hall–Kier alpha value is -2.71. The van der Waals surface area contributed by atoms with Crippen LogP contribution in [0, 0.1) is 6.92 Å². The van der Waals surface area contributed by atoms with Gasteiger partial charge in [0.15, 0.2) is 11.5 Å². The van der Waals surface area contributed by atoms with Crippen LogP contribution in [0.1, 0.15) is 37.0 Å². The fourth-order valence-electron chi connectivity index (χ4n) is 3.19. The van der Waals surface area contributed by atoms with Crippen LogP contribution in [0.15, 0.2) is 12.3 Å². The minimum atomic E-state index is -0.470. The van der Waals surface area contributed by atoms with Gasteiger partial charge in [0.05, 0.1) is 11.2 Å². The van der Waals surface area contributed by atoms with Gasteiger partial charge in [-0.3, -0.25) is 14.3 Å². The lowest BCUT2D eigenvalue weighted by Crippen LogP contribution is -2.61. The average molecular weight is 345 g/mol. The van der Waals surface area contributed by atoms with Gasteiger partial charge in [0, 0.05) is 45.9 Å². The molecule has 1 saturated heterocycles. The molecule has 134 valence electrons. The van der Waals surface area contributed by atoms with Crippen LogP contribution in [-0.2, 0) is 11.8 Å². The Morgan fingerprint density at radius 3 is 2.52 bits per heavy atom. The molecule has 0 aromatic carbocycles. The molecule has 0 radical (unpaired) electrons. The molecule has 0 spiro atoms. The lowest BCUT2D eigenvalue weighted by Gasteiger charge is -2.46. The molecule has 0 bridgehead atoms. The summed E-state index contributed by atoms with van der Waals surface area (Å²) < 4.78 is 3.23. The average Bonchev–Trinajstić information content (AvgIpc) is 3.11. The molecule has 0 unspecified atom stereocenters. The monoisotopic (exact) mass is 345 g/mol. The van der Waals surface area contributed by atoms with Crippen molar-refractivity contribution in [3.8, 4) is 5.82 Å². The topological polar surface area (TPSA) is 89.2 Å². The molecular formula is C16H23N7O2. The molecule has 2 amide bonds. The molecule has 0 saturated carbocycles. The lowest BCUT2D eigenvalue weighted by molar-refractivity contribution is -0.133. The summed E-state index contributed by atoms with van der Waals surface area (Å²) in [7, 11) is 1.82. The smallest absolute Gasteiger partial charge is 0.276 e. The summed E-state index contributed by atoms with van der Waals surface area (Å²) in [5, 5.41) is 12.5. The van der Waals surface area contributed by atoms with Gasteiger partial charge in [-0.1, -0.05) is 5.21 Å². The molecule has 1 aliphatic heterocycles. The first-order chi connectivity index (χ1) is 11.7. The maximum absolute atomic E-state index is 13.0. The molecule has 9 heteroatoms. The molecule has 1 fully saturated rings. The van der Waals surface area contributed by atoms with E-state index in [0.29, 0.717) is 36.8 Å². The zero-order valence-electron chi connectivity index (χ0n) is 15.2. The predicted octanol–water partition coefficient (Wildman–Crippen LogP) is 0.392. The maximum atomic E-state index is 13.0. The standard InChI is InChI=1S/C16H23N7O2/c1-11-14(17-19-23(11)13-6-7-20(5)18-13)15(25)22-9-8-21(12(2)24)10-16(22,3)4/h6-7H,8-10H2,1-5H3. The predicted molar refractivity (Wildman–Crippen MR) is 90.2 cm³/mol. The van der Waals surface area contributed by atoms with E-state index in [4.69, 9.17) is 0 Å². The Morgan fingerprint density at radius 2 is 1.96 bits per heavy atom. The van der Waals surface area contributed by atoms with Crippen molar-refractivity contribution < 1.29 is 9.59 Å². The normalized spacial score (nSPS) is 17.0. The minimum absolute atomic E-state index is 0.0254. The van der Waals surface area contributed by atoms with Gasteiger partial charge in [-0.05, 0) is 20.8 Å². The number of aromatic nitrogens is 5. The van der Waals surface area contributed by atoms with Crippen LogP contribution < -0.4 is 0 Å². The molecule has 0 N–H and O–H groups in total. The van der Waals surface area contributed by atoms with Crippen molar-refractivity contribution in [1.82, 2.24) is 34.6 Å². The van der Waals surface area contributed by atoms with Crippen molar-refractivity contribution in [3.63, 3.8) is 0 Å². The van der Waals surface area contributed by atoms with E-state index < -0.39 is 5.54 Å². The van der Waals surface area contributed by atoms with E-state index in [2.05, 4.69) is 15.4 Å². The third kappa shape index (κ3) is 3.01. The van der Waals surface area contributed by atoms with E-state index in [1.54, 1.807) is 33.0 Å². The van der Waals surface area contributed by atoms with Crippen molar-refractivity contribution in [2.75, 3.05) is 19.6 Å². The summed E-state index contributed by atoms with van der Waals surface area (Å²) in [5.74, 6) is 0.470. The summed E-state index contributed by atoms with van der Waals surface area (Å²) in [6.07, 6.45) is 1.81. The Balaban J connectivity index is 1.87. The van der Waals surface area contributed by atoms with Crippen LogP contribution in [0.25, 0.3) is 5.82 Å². The van der Waals surface area contributed by atoms with Gasteiger partial charge in [-0.25, -0.2) is 0 Å². The maximum Gasteiger partial charge on any atom is 0.276 e. The fourth-order valence-corrected chi connectivity index (χ4v) is 3.19. The highest BCUT2D eigenvalue weighted by atomic mass is 16.2. The second-order valence-corrected chi connectivity index (χ2v) is 6.99. The first-order valence-electron chi connectivity index (χ1n) is 8.20. The Bertz CT molecular complexity index is 820. The Kier molecular flexibility index (Phi) is 4.09. The third-order valence-corrected chi connectivity index (χ3v) is 4.61. The van der Waals surface area contributed by atoms with Gasteiger partial charge in [0.25, 0.3) is 5.91 Å². The first-order valence-corrected chi connectivity index (χ1v) is 8.20. The van der Waals surface area contributed by atoms with Gasteiger partial charge < -0.3 is 9.80 Å². The van der Waals surface area contributed by atoms with E-state index in [9.17, 15) is 9.59 Å². The zero-order chi connectivity index (χ0) is 18.4. The van der Waals surface area contributed by atoms with E-state index in [0.717, 1.165) is 0 Å². The quantitative estimate of drug-likeness (QED) is 0.786. The number of aryl methyl sites for hydroxylation is 1. The van der Waals surface area contributed by atoms with Crippen LogP contribution in [0.5, 0.6) is 0 Å². The SMILES string of the molecule is CC(=O)N1CCN(C(=O)c2nnn(-c3ccn(C)n3)c2C)C(C)(C)C1. The molecule has 3 rings (SSSR count). The van der Waals surface area contributed by atoms with Crippen molar-refractivity contribution in [1.29, 1.82) is 0 Å². The zero-order valence-corrected chi connectivity index (χ0v) is 15.2. The molecule has 25 heavy (non-hydrogen) atoms. The van der Waals surface area contributed by atoms with E-state index in [-0.39, 0.29) is 11.8 Å². The van der Waals surface area contributed by atoms with Gasteiger partial charge in [-0.2, -0.15) is 9.78 Å². The number of carbonyl (C=O) groups excluding carboxylic acids is 2. The summed E-state index contributed by atoms with van der Waals surface area (Å²) in [5.41, 5.74) is 0.492. The van der Waals surface area contributed by atoms with Crippen LogP contribution in [0.2, 0.25) is 0 Å². The summed E-state index contributed by atoms with van der Waals surface area (Å²) in [4.78, 5) is 28.2. The molecule has 2 aromatic heterocycles. The number of hydrogen-bond donors (Lipinski definition) is 0. The molecular weight excluding hydrogens is 322 g/mol. The highest BCUT2D eigenvalue weighted by molar-refractivity contribution is 5.94. The second kappa shape index (κ2) is 5.98. The third-order valence-electron chi connectivity index (χ3n) is 4.61. The Morgan fingerprint density at radius 1 is 1.24 bits per heavy atom. The lowest BCUT2D eigenvalue weighted by atomic mass is 9.98. The van der Waals surface area contributed by atoms with Crippen molar-refractivity contribution in [3.05, 3.63) is 23.7 Å². The number of piperazine rings is 1. The fraction of sp³-hybridized carbons (Fsp3) is 0.562. The molecule has 3 heterocycles. The second-order valence-electron chi connectivity index (χ2n) is 6.99. The highest BCUT2D eigenvalue weighted by Gasteiger charge is 2.39. The van der Waals surface area contributed by atoms with Crippen LogP contribution in [-0.4, -0.2) is 71.6 Å². The first kappa shape index (κ1) is 17.1. The minimum Gasteiger partial charge on any atom is -0.339 e. The van der Waals surface area contributed by atoms with E-state index in [1.807, 2.05) is 33.2 Å². The number of rotatable bonds is 2. The largest absolute Gasteiger partial charge is 0.339 e. The molecule has 2 aromatic rings. The highest BCUT2D eigenvalue weighted by Crippen LogP contribution is 2.24. The molecule has 0 atom stereocenters. The van der Waals surface area contributed by atoms with Crippen molar-refractivity contribution >= 4 is 11.8 Å². The van der Waals surface area contributed by atoms with Gasteiger partial charge >= 0.3 is 0 Å². The number of hydrogen-bond acceptors (Lipinski definition) is 5. The summed E-state index contributed by atoms with van der Waals surface area (Å²) in [6.45, 7) is 8.77. The number of amides is 2. The van der Waals surface area contributed by atoms with Crippen LogP contribution in [0.3, 0.4) is 0 Å². The molecule has 0 aliphatic carbocycles. The van der Waals surface area contributed by atoms with E-state index >= 15 is 0 Å². The molecule has 1 aliphatic rings. The van der Waals surface area contributed by atoms with Gasteiger partial charge in [0.2, 0.25) is 5.91 Å².